The van der Waals surface area contributed by atoms with Crippen LogP contribution in [0.3, 0.4) is 0 Å². The summed E-state index contributed by atoms with van der Waals surface area (Å²) < 4.78 is 0. The van der Waals surface area contributed by atoms with E-state index in [4.69, 9.17) is 0 Å². The highest BCUT2D eigenvalue weighted by Gasteiger charge is 2.30. The van der Waals surface area contributed by atoms with Crippen LogP contribution in [0.1, 0.15) is 25.9 Å². The fourth-order valence-corrected chi connectivity index (χ4v) is 3.38. The average Bonchev–Trinajstić information content (AvgIpc) is 3.28. The molecule has 0 amide bonds. The molecule has 4 rings (SSSR count). The van der Waals surface area contributed by atoms with Gasteiger partial charge in [0.2, 0.25) is 11.6 Å². The van der Waals surface area contributed by atoms with Crippen molar-refractivity contribution in [3.8, 4) is 0 Å². The first-order valence-electron chi connectivity index (χ1n) is 8.07. The van der Waals surface area contributed by atoms with Gasteiger partial charge in [0.1, 0.15) is 17.1 Å². The number of ketones is 2. The van der Waals surface area contributed by atoms with E-state index in [1.54, 1.807) is 29.6 Å². The topological polar surface area (TPSA) is 71.1 Å². The van der Waals surface area contributed by atoms with E-state index < -0.39 is 5.78 Å². The van der Waals surface area contributed by atoms with Gasteiger partial charge < -0.3 is 10.6 Å². The van der Waals surface area contributed by atoms with Crippen LogP contribution in [0.4, 0.5) is 11.4 Å². The van der Waals surface area contributed by atoms with E-state index >= 15 is 0 Å². The molecule has 26 heavy (non-hydrogen) atoms. The van der Waals surface area contributed by atoms with Gasteiger partial charge in [0, 0.05) is 10.9 Å². The molecule has 0 bridgehead atoms. The number of thiazole rings is 1. The van der Waals surface area contributed by atoms with Crippen LogP contribution in [-0.2, 0) is 0 Å². The van der Waals surface area contributed by atoms with E-state index in [0.717, 1.165) is 16.4 Å². The maximum Gasteiger partial charge on any atom is 0.219 e. The molecule has 0 saturated carbocycles. The van der Waals surface area contributed by atoms with Crippen molar-refractivity contribution in [1.82, 2.24) is 4.98 Å². The third kappa shape index (κ3) is 2.91. The highest BCUT2D eigenvalue weighted by molar-refractivity contribution is 7.09. The third-order valence-corrected chi connectivity index (χ3v) is 4.81. The monoisotopic (exact) mass is 361 g/mol. The van der Waals surface area contributed by atoms with Crippen LogP contribution < -0.4 is 10.6 Å². The third-order valence-electron chi connectivity index (χ3n) is 4.04. The Morgan fingerprint density at radius 2 is 1.50 bits per heavy atom. The molecule has 0 fully saturated rings. The van der Waals surface area contributed by atoms with Crippen molar-refractivity contribution in [1.29, 1.82) is 0 Å². The molecule has 128 valence electrons. The summed E-state index contributed by atoms with van der Waals surface area (Å²) in [5.41, 5.74) is 2.43. The van der Waals surface area contributed by atoms with Gasteiger partial charge in [-0.05, 0) is 19.1 Å². The van der Waals surface area contributed by atoms with E-state index in [-0.39, 0.29) is 17.1 Å². The molecule has 3 aromatic rings. The Bertz CT molecular complexity index is 1010. The molecule has 0 radical (unpaired) electrons. The molecular formula is C20H15N3O2S. The Morgan fingerprint density at radius 1 is 0.885 bits per heavy atom. The van der Waals surface area contributed by atoms with Gasteiger partial charge in [-0.1, -0.05) is 42.5 Å². The van der Waals surface area contributed by atoms with Crippen molar-refractivity contribution < 1.29 is 9.59 Å². The summed E-state index contributed by atoms with van der Waals surface area (Å²) in [5.74, 6) is -0.356. The second-order valence-corrected chi connectivity index (χ2v) is 6.88. The predicted molar refractivity (Wildman–Crippen MR) is 103 cm³/mol. The predicted octanol–water partition coefficient (Wildman–Crippen LogP) is 4.27. The molecular weight excluding hydrogens is 346 g/mol. The summed E-state index contributed by atoms with van der Waals surface area (Å²) in [5, 5.41) is 8.75. The van der Waals surface area contributed by atoms with Crippen LogP contribution >= 0.6 is 11.3 Å². The molecule has 6 heteroatoms. The number of benzene rings is 2. The maximum atomic E-state index is 13.1. The molecule has 0 aliphatic carbocycles. The Morgan fingerprint density at radius 3 is 2.08 bits per heavy atom. The van der Waals surface area contributed by atoms with Crippen LogP contribution in [0.2, 0.25) is 0 Å². The molecule has 1 aliphatic heterocycles. The van der Waals surface area contributed by atoms with Gasteiger partial charge in [0.05, 0.1) is 16.4 Å². The van der Waals surface area contributed by atoms with Gasteiger partial charge in [-0.3, -0.25) is 9.59 Å². The van der Waals surface area contributed by atoms with Gasteiger partial charge in [-0.15, -0.1) is 11.3 Å². The number of Topliss-reactive ketones (excluding diaryl/α,β-unsaturated/α-hetero) is 2. The molecule has 1 aromatic heterocycles. The van der Waals surface area contributed by atoms with Crippen molar-refractivity contribution in [2.45, 2.75) is 6.92 Å². The minimum Gasteiger partial charge on any atom is -0.339 e. The SMILES string of the molecule is Cc1nc(C(=O)C(C(=O)c2ccccc2)=C2Nc3ccccc3N2)cs1. The number of aromatic nitrogens is 1. The summed E-state index contributed by atoms with van der Waals surface area (Å²) in [6.45, 7) is 1.83. The fourth-order valence-electron chi connectivity index (χ4n) is 2.79. The molecule has 2 aromatic carbocycles. The lowest BCUT2D eigenvalue weighted by molar-refractivity contribution is 0.0959. The summed E-state index contributed by atoms with van der Waals surface area (Å²) >= 11 is 1.38. The van der Waals surface area contributed by atoms with Crippen molar-refractivity contribution in [3.63, 3.8) is 0 Å². The first-order chi connectivity index (χ1) is 12.6. The number of allylic oxidation sites excluding steroid dienone is 1. The lowest BCUT2D eigenvalue weighted by Gasteiger charge is -2.10. The van der Waals surface area contributed by atoms with E-state index in [1.165, 1.54) is 11.3 Å². The fraction of sp³-hybridized carbons (Fsp3) is 0.0500. The Labute approximate surface area is 154 Å². The number of hydrogen-bond acceptors (Lipinski definition) is 6. The van der Waals surface area contributed by atoms with Crippen LogP contribution in [-0.4, -0.2) is 16.6 Å². The quantitative estimate of drug-likeness (QED) is 0.314. The molecule has 2 heterocycles. The van der Waals surface area contributed by atoms with Crippen molar-refractivity contribution >= 4 is 34.3 Å². The smallest absolute Gasteiger partial charge is 0.219 e. The van der Waals surface area contributed by atoms with Gasteiger partial charge in [-0.2, -0.15) is 0 Å². The van der Waals surface area contributed by atoms with E-state index in [0.29, 0.717) is 11.4 Å². The second kappa shape index (κ2) is 6.57. The van der Waals surface area contributed by atoms with Crippen molar-refractivity contribution in [2.24, 2.45) is 0 Å². The number of para-hydroxylation sites is 2. The number of anilines is 2. The highest BCUT2D eigenvalue weighted by Crippen LogP contribution is 2.32. The number of carbonyl (C=O) groups is 2. The number of nitrogens with one attached hydrogen (secondary N) is 2. The summed E-state index contributed by atoms with van der Waals surface area (Å²) in [4.78, 5) is 30.5. The molecule has 0 unspecified atom stereocenters. The zero-order valence-corrected chi connectivity index (χ0v) is 14.8. The largest absolute Gasteiger partial charge is 0.339 e. The van der Waals surface area contributed by atoms with Crippen LogP contribution in [0.25, 0.3) is 0 Å². The van der Waals surface area contributed by atoms with E-state index in [1.807, 2.05) is 37.3 Å². The maximum absolute atomic E-state index is 13.1. The average molecular weight is 361 g/mol. The first-order valence-corrected chi connectivity index (χ1v) is 8.95. The molecule has 0 spiro atoms. The van der Waals surface area contributed by atoms with Gasteiger partial charge in [0.15, 0.2) is 0 Å². The van der Waals surface area contributed by atoms with Crippen LogP contribution in [0.15, 0.2) is 71.4 Å². The number of hydrogen-bond donors (Lipinski definition) is 2. The Kier molecular flexibility index (Phi) is 4.10. The second-order valence-electron chi connectivity index (χ2n) is 5.82. The minimum atomic E-state index is -0.397. The molecule has 1 aliphatic rings. The van der Waals surface area contributed by atoms with Crippen molar-refractivity contribution in [2.75, 3.05) is 10.6 Å². The number of fused-ring (bicyclic) bond motifs is 1. The summed E-state index contributed by atoms with van der Waals surface area (Å²) in [6, 6.07) is 16.3. The summed E-state index contributed by atoms with van der Waals surface area (Å²) in [6.07, 6.45) is 0. The Balaban J connectivity index is 1.82. The molecule has 0 saturated heterocycles. The summed E-state index contributed by atoms with van der Waals surface area (Å²) in [7, 11) is 0. The van der Waals surface area contributed by atoms with Crippen LogP contribution in [0.5, 0.6) is 0 Å². The highest BCUT2D eigenvalue weighted by atomic mass is 32.1. The lowest BCUT2D eigenvalue weighted by Crippen LogP contribution is -2.21. The first kappa shape index (κ1) is 16.2. The lowest BCUT2D eigenvalue weighted by atomic mass is 9.98. The van der Waals surface area contributed by atoms with Gasteiger partial charge >= 0.3 is 0 Å². The number of nitrogens with zero attached hydrogens (tertiary/aromatic N) is 1. The number of aryl methyl sites for hydroxylation is 1. The van der Waals surface area contributed by atoms with Gasteiger partial charge in [-0.25, -0.2) is 4.98 Å². The minimum absolute atomic E-state index is 0.0534. The number of rotatable bonds is 4. The molecule has 5 nitrogen and oxygen atoms in total. The molecule has 0 atom stereocenters. The standard InChI is InChI=1S/C20H15N3O2S/c1-12-21-16(11-26-12)19(25)17(18(24)13-7-3-2-4-8-13)20-22-14-9-5-6-10-15(14)23-20/h2-11,22-23H,1H3. The van der Waals surface area contributed by atoms with Crippen LogP contribution in [0, 0.1) is 6.92 Å². The van der Waals surface area contributed by atoms with Crippen molar-refractivity contribution in [3.05, 3.63) is 87.6 Å². The molecule has 2 N–H and O–H groups in total. The van der Waals surface area contributed by atoms with Gasteiger partial charge in [0.25, 0.3) is 0 Å². The zero-order chi connectivity index (χ0) is 18.1. The Hall–Kier alpha value is -3.25. The van der Waals surface area contributed by atoms with E-state index in [9.17, 15) is 9.59 Å². The zero-order valence-electron chi connectivity index (χ0n) is 13.9. The normalized spacial score (nSPS) is 12.1. The van der Waals surface area contributed by atoms with E-state index in [2.05, 4.69) is 15.6 Å². The number of carbonyl (C=O) groups excluding carboxylic acids is 2.